The summed E-state index contributed by atoms with van der Waals surface area (Å²) in [7, 11) is 0. The molecule has 2 aliphatic rings. The van der Waals surface area contributed by atoms with Gasteiger partial charge in [0.25, 0.3) is 0 Å². The van der Waals surface area contributed by atoms with E-state index in [0.717, 1.165) is 51.4 Å². The van der Waals surface area contributed by atoms with Crippen LogP contribution in [0.3, 0.4) is 0 Å². The van der Waals surface area contributed by atoms with Crippen LogP contribution in [0, 0.1) is 0 Å². The van der Waals surface area contributed by atoms with Crippen LogP contribution in [0.2, 0.25) is 0 Å². The molecule has 2 saturated carbocycles. The van der Waals surface area contributed by atoms with Gasteiger partial charge >= 0.3 is 118 Å². The Bertz CT molecular complexity index is 358. The fraction of sp³-hybridized carbons (Fsp3) is 1.00. The predicted molar refractivity (Wildman–Crippen MR) is 66.5 cm³/mol. The van der Waals surface area contributed by atoms with Crippen molar-refractivity contribution >= 4 is 0 Å². The second-order valence-electron chi connectivity index (χ2n) is 6.60. The van der Waals surface area contributed by atoms with Crippen LogP contribution in [0.4, 0.5) is 0 Å². The first kappa shape index (κ1) is 15.4. The van der Waals surface area contributed by atoms with Crippen molar-refractivity contribution in [3.63, 3.8) is 0 Å². The second-order valence-corrected chi connectivity index (χ2v) is 8.39. The zero-order valence-electron chi connectivity index (χ0n) is 12.1. The molecule has 0 aliphatic heterocycles. The normalized spacial score (nSPS) is 27.1. The Morgan fingerprint density at radius 3 is 1.32 bits per heavy atom. The average molecular weight is 310 g/mol. The first-order valence-electron chi connectivity index (χ1n) is 7.49. The first-order chi connectivity index (χ1) is 8.83. The van der Waals surface area contributed by atoms with Gasteiger partial charge in [-0.1, -0.05) is 0 Å². The molecule has 0 spiro atoms. The third kappa shape index (κ3) is 4.53. The number of hydrogen-bond donors (Lipinski definition) is 0. The fourth-order valence-electron chi connectivity index (χ4n) is 3.28. The van der Waals surface area contributed by atoms with Crippen molar-refractivity contribution in [2.75, 3.05) is 0 Å². The number of rotatable bonds is 4. The average Bonchev–Trinajstić information content (AvgIpc) is 2.27. The van der Waals surface area contributed by atoms with Crippen LogP contribution in [0.1, 0.15) is 78.1 Å². The Morgan fingerprint density at radius 2 is 1.00 bits per heavy atom. The van der Waals surface area contributed by atoms with Gasteiger partial charge in [0.05, 0.1) is 0 Å². The van der Waals surface area contributed by atoms with Gasteiger partial charge in [0, 0.05) is 0 Å². The Kier molecular flexibility index (Phi) is 4.72. The molecule has 0 amide bonds. The summed E-state index contributed by atoms with van der Waals surface area (Å²) in [6.07, 6.45) is 9.78. The molecule has 4 nitrogen and oxygen atoms in total. The summed E-state index contributed by atoms with van der Waals surface area (Å²) in [5, 5.41) is 0. The van der Waals surface area contributed by atoms with E-state index in [9.17, 15) is 7.61 Å². The van der Waals surface area contributed by atoms with Crippen molar-refractivity contribution in [3.8, 4) is 0 Å². The fourth-order valence-corrected chi connectivity index (χ4v) is 5.39. The molecule has 0 bridgehead atoms. The van der Waals surface area contributed by atoms with Gasteiger partial charge in [-0.2, -0.15) is 0 Å². The first-order valence-corrected chi connectivity index (χ1v) is 9.57. The molecule has 19 heavy (non-hydrogen) atoms. The summed E-state index contributed by atoms with van der Waals surface area (Å²) in [6, 6.07) is 0. The summed E-state index contributed by atoms with van der Waals surface area (Å²) in [5.41, 5.74) is -1.07. The van der Waals surface area contributed by atoms with E-state index in [1.807, 2.05) is 13.8 Å². The minimum absolute atomic E-state index is 0.535. The van der Waals surface area contributed by atoms with Crippen LogP contribution < -0.4 is 0 Å². The quantitative estimate of drug-likeness (QED) is 0.783. The third-order valence-corrected chi connectivity index (χ3v) is 6.32. The molecule has 0 aromatic rings. The van der Waals surface area contributed by atoms with Gasteiger partial charge in [-0.05, 0) is 0 Å². The van der Waals surface area contributed by atoms with Gasteiger partial charge in [-0.15, -0.1) is 0 Å². The molecular weight excluding hydrogens is 284 g/mol. The van der Waals surface area contributed by atoms with Crippen molar-refractivity contribution in [1.29, 1.82) is 0 Å². The van der Waals surface area contributed by atoms with Crippen LogP contribution >= 0.6 is 0 Å². The summed E-state index contributed by atoms with van der Waals surface area (Å²) in [4.78, 5) is 0. The molecule has 0 saturated heterocycles. The zero-order chi connectivity index (χ0) is 14.0. The monoisotopic (exact) mass is 310 g/mol. The Morgan fingerprint density at radius 1 is 0.684 bits per heavy atom. The van der Waals surface area contributed by atoms with Gasteiger partial charge in [0.1, 0.15) is 0 Å². The molecule has 5 heteroatoms. The molecule has 0 heterocycles. The van der Waals surface area contributed by atoms with E-state index in [-0.39, 0.29) is 0 Å². The Balaban J connectivity index is 1.97. The maximum atomic E-state index is 12.2. The molecule has 0 aromatic carbocycles. The van der Waals surface area contributed by atoms with Crippen molar-refractivity contribution in [1.82, 2.24) is 0 Å². The van der Waals surface area contributed by atoms with Crippen molar-refractivity contribution < 1.29 is 28.8 Å². The van der Waals surface area contributed by atoms with Crippen LogP contribution in [0.5, 0.6) is 0 Å². The number of hydrogen-bond acceptors (Lipinski definition) is 4. The van der Waals surface area contributed by atoms with E-state index >= 15 is 0 Å². The molecular formula is C14H26CrO4. The summed E-state index contributed by atoms with van der Waals surface area (Å²) in [6.45, 7) is 3.81. The van der Waals surface area contributed by atoms with Crippen molar-refractivity contribution in [2.45, 2.75) is 89.3 Å². The molecule has 2 aliphatic carbocycles. The molecule has 0 atom stereocenters. The molecule has 2 rings (SSSR count). The van der Waals surface area contributed by atoms with E-state index in [4.69, 9.17) is 7.58 Å². The van der Waals surface area contributed by atoms with Crippen LogP contribution in [-0.4, -0.2) is 11.2 Å². The van der Waals surface area contributed by atoms with E-state index in [2.05, 4.69) is 0 Å². The standard InChI is InChI=1S/2C7H13O.Cr.2O/c2*1-7(8)5-3-2-4-6-7;;;/h2*2-6H2,1H3;;;/q2*-1;+2;;. The van der Waals surface area contributed by atoms with E-state index in [1.165, 1.54) is 12.8 Å². The van der Waals surface area contributed by atoms with Gasteiger partial charge in [-0.25, -0.2) is 0 Å². The van der Waals surface area contributed by atoms with Gasteiger partial charge < -0.3 is 0 Å². The second kappa shape index (κ2) is 5.81. The third-order valence-electron chi connectivity index (χ3n) is 4.43. The van der Waals surface area contributed by atoms with E-state index in [1.54, 1.807) is 0 Å². The zero-order valence-corrected chi connectivity index (χ0v) is 13.4. The van der Waals surface area contributed by atoms with Crippen LogP contribution in [0.15, 0.2) is 0 Å². The summed E-state index contributed by atoms with van der Waals surface area (Å²) >= 11 is -4.72. The van der Waals surface area contributed by atoms with E-state index in [0.29, 0.717) is 0 Å². The summed E-state index contributed by atoms with van der Waals surface area (Å²) in [5.74, 6) is 0. The molecule has 0 radical (unpaired) electrons. The Labute approximate surface area is 118 Å². The van der Waals surface area contributed by atoms with Gasteiger partial charge in [0.15, 0.2) is 0 Å². The SMILES string of the molecule is CC1([O][Cr](=[O])(=[O])[O]C2(C)CCCCC2)CCCCC1. The van der Waals surface area contributed by atoms with Crippen LogP contribution in [-0.2, 0) is 28.8 Å². The molecule has 112 valence electrons. The molecule has 0 unspecified atom stereocenters. The minimum atomic E-state index is -4.72. The molecule has 0 aromatic heterocycles. The van der Waals surface area contributed by atoms with Crippen LogP contribution in [0.25, 0.3) is 0 Å². The topological polar surface area (TPSA) is 52.6 Å². The van der Waals surface area contributed by atoms with Crippen molar-refractivity contribution in [3.05, 3.63) is 0 Å². The van der Waals surface area contributed by atoms with Gasteiger partial charge in [-0.3, -0.25) is 0 Å². The van der Waals surface area contributed by atoms with Crippen molar-refractivity contribution in [2.24, 2.45) is 0 Å². The van der Waals surface area contributed by atoms with Gasteiger partial charge in [0.2, 0.25) is 0 Å². The maximum absolute atomic E-state index is 12.2. The summed E-state index contributed by atoms with van der Waals surface area (Å²) < 4.78 is 35.3. The molecule has 0 N–H and O–H groups in total. The molecule has 2 fully saturated rings. The predicted octanol–water partition coefficient (Wildman–Crippen LogP) is 4.14. The van der Waals surface area contributed by atoms with E-state index < -0.39 is 24.8 Å². The Hall–Kier alpha value is 0.0525.